The molecule has 1 amide bonds. The Morgan fingerprint density at radius 2 is 1.68 bits per heavy atom. The molecule has 1 saturated carbocycles. The number of nitrogens with zero attached hydrogens (tertiary/aromatic N) is 3. The Bertz CT molecular complexity index is 903. The van der Waals surface area contributed by atoms with E-state index in [0.29, 0.717) is 38.4 Å². The number of carbonyl (C=O) groups excluding carboxylic acids is 1. The Morgan fingerprint density at radius 1 is 1.04 bits per heavy atom. The fraction of sp³-hybridized carbons (Fsp3) is 0.444. The maximum absolute atomic E-state index is 13.5. The molecule has 2 fully saturated rings. The maximum Gasteiger partial charge on any atom is 0.433 e. The lowest BCUT2D eigenvalue weighted by Gasteiger charge is -2.58. The Hall–Kier alpha value is -2.52. The number of halogens is 6. The number of aromatic nitrogens is 2. The Morgan fingerprint density at radius 3 is 2.25 bits per heavy atom. The van der Waals surface area contributed by atoms with Crippen LogP contribution in [0.5, 0.6) is 0 Å². The van der Waals surface area contributed by atoms with Crippen LogP contribution in [0.3, 0.4) is 0 Å². The summed E-state index contributed by atoms with van der Waals surface area (Å²) in [4.78, 5) is 12.2. The largest absolute Gasteiger partial charge is 0.433 e. The summed E-state index contributed by atoms with van der Waals surface area (Å²) in [7, 11) is 0. The molecule has 28 heavy (non-hydrogen) atoms. The van der Waals surface area contributed by atoms with Crippen LogP contribution in [-0.2, 0) is 17.1 Å². The zero-order valence-corrected chi connectivity index (χ0v) is 14.4. The number of carbonyl (C=O) groups is 1. The third-order valence-electron chi connectivity index (χ3n) is 5.44. The van der Waals surface area contributed by atoms with Gasteiger partial charge in [-0.3, -0.25) is 9.48 Å². The molecule has 1 saturated heterocycles. The number of rotatable bonds is 3. The summed E-state index contributed by atoms with van der Waals surface area (Å²) in [5.74, 6) is 0. The van der Waals surface area contributed by atoms with Crippen molar-refractivity contribution < 1.29 is 31.1 Å². The minimum atomic E-state index is -4.74. The van der Waals surface area contributed by atoms with Crippen molar-refractivity contribution in [2.75, 3.05) is 13.1 Å². The van der Waals surface area contributed by atoms with Crippen LogP contribution >= 0.6 is 0 Å². The number of alkyl halides is 6. The van der Waals surface area contributed by atoms with E-state index in [1.165, 1.54) is 17.0 Å². The van der Waals surface area contributed by atoms with E-state index in [9.17, 15) is 31.1 Å². The molecule has 0 bridgehead atoms. The van der Waals surface area contributed by atoms with Gasteiger partial charge >= 0.3 is 12.4 Å². The quantitative estimate of drug-likeness (QED) is 0.564. The summed E-state index contributed by atoms with van der Waals surface area (Å²) in [6, 6.07) is 4.57. The molecule has 2 aromatic rings. The molecule has 4 rings (SSSR count). The van der Waals surface area contributed by atoms with Gasteiger partial charge < -0.3 is 4.90 Å². The lowest BCUT2D eigenvalue weighted by atomic mass is 9.61. The predicted octanol–water partition coefficient (Wildman–Crippen LogP) is 4.38. The molecule has 0 N–H and O–H groups in total. The van der Waals surface area contributed by atoms with E-state index in [-0.39, 0.29) is 16.7 Å². The van der Waals surface area contributed by atoms with Crippen LogP contribution in [0.2, 0.25) is 0 Å². The normalized spacial score (nSPS) is 19.4. The molecule has 1 aromatic heterocycles. The van der Waals surface area contributed by atoms with Crippen LogP contribution < -0.4 is 0 Å². The number of amides is 1. The molecule has 0 radical (unpaired) electrons. The average molecular weight is 403 g/mol. The van der Waals surface area contributed by atoms with Gasteiger partial charge in [0.2, 0.25) is 6.41 Å². The van der Waals surface area contributed by atoms with Gasteiger partial charge in [-0.05, 0) is 25.0 Å². The van der Waals surface area contributed by atoms with E-state index in [1.807, 2.05) is 0 Å². The first-order valence-electron chi connectivity index (χ1n) is 8.55. The highest BCUT2D eigenvalue weighted by Crippen LogP contribution is 2.54. The highest BCUT2D eigenvalue weighted by Gasteiger charge is 2.54. The summed E-state index contributed by atoms with van der Waals surface area (Å²) in [6.07, 6.45) is -7.94. The second-order valence-electron chi connectivity index (χ2n) is 7.47. The number of benzene rings is 1. The Kier molecular flexibility index (Phi) is 4.03. The van der Waals surface area contributed by atoms with Gasteiger partial charge in [-0.15, -0.1) is 0 Å². The van der Waals surface area contributed by atoms with Gasteiger partial charge in [0.1, 0.15) is 5.69 Å². The summed E-state index contributed by atoms with van der Waals surface area (Å²) in [6.45, 7) is 0.971. The van der Waals surface area contributed by atoms with Crippen molar-refractivity contribution in [1.82, 2.24) is 14.7 Å². The minimum absolute atomic E-state index is 0.204. The van der Waals surface area contributed by atoms with Crippen molar-refractivity contribution in [3.8, 4) is 11.3 Å². The third-order valence-corrected chi connectivity index (χ3v) is 5.44. The van der Waals surface area contributed by atoms with E-state index in [0.717, 1.165) is 16.8 Å². The van der Waals surface area contributed by atoms with Gasteiger partial charge in [0, 0.05) is 24.1 Å². The summed E-state index contributed by atoms with van der Waals surface area (Å²) >= 11 is 0. The molecule has 0 unspecified atom stereocenters. The average Bonchev–Trinajstić information content (AvgIpc) is 2.97. The molecular formula is C18H15F6N3O. The second kappa shape index (κ2) is 5.99. The number of hydrogen-bond acceptors (Lipinski definition) is 2. The lowest BCUT2D eigenvalue weighted by molar-refractivity contribution is -0.153. The number of likely N-dealkylation sites (tertiary alicyclic amines) is 1. The lowest BCUT2D eigenvalue weighted by Crippen LogP contribution is -2.61. The summed E-state index contributed by atoms with van der Waals surface area (Å²) in [5.41, 5.74) is -3.04. The molecule has 10 heteroatoms. The molecule has 2 heterocycles. The molecule has 150 valence electrons. The van der Waals surface area contributed by atoms with Gasteiger partial charge in [0.25, 0.3) is 0 Å². The van der Waals surface area contributed by atoms with Gasteiger partial charge in [-0.1, -0.05) is 18.2 Å². The highest BCUT2D eigenvalue weighted by molar-refractivity contribution is 5.65. The summed E-state index contributed by atoms with van der Waals surface area (Å²) in [5, 5.41) is 3.92. The predicted molar refractivity (Wildman–Crippen MR) is 86.0 cm³/mol. The molecule has 1 aliphatic carbocycles. The van der Waals surface area contributed by atoms with Crippen LogP contribution in [0.15, 0.2) is 30.3 Å². The van der Waals surface area contributed by atoms with Crippen molar-refractivity contribution >= 4 is 6.41 Å². The maximum atomic E-state index is 13.5. The third kappa shape index (κ3) is 3.04. The monoisotopic (exact) mass is 403 g/mol. The van der Waals surface area contributed by atoms with E-state index < -0.39 is 29.7 Å². The fourth-order valence-corrected chi connectivity index (χ4v) is 4.23. The van der Waals surface area contributed by atoms with E-state index in [4.69, 9.17) is 0 Å². The van der Waals surface area contributed by atoms with Crippen LogP contribution in [0.25, 0.3) is 11.3 Å². The van der Waals surface area contributed by atoms with Crippen molar-refractivity contribution in [1.29, 1.82) is 0 Å². The molecule has 1 aromatic carbocycles. The Balaban J connectivity index is 1.69. The van der Waals surface area contributed by atoms with Crippen LogP contribution in [0, 0.1) is 5.41 Å². The minimum Gasteiger partial charge on any atom is -0.344 e. The molecule has 1 aliphatic heterocycles. The second-order valence-corrected chi connectivity index (χ2v) is 7.47. The zero-order valence-electron chi connectivity index (χ0n) is 14.4. The first-order chi connectivity index (χ1) is 13.0. The van der Waals surface area contributed by atoms with Crippen LogP contribution in [0.1, 0.15) is 30.1 Å². The highest BCUT2D eigenvalue weighted by atomic mass is 19.4. The van der Waals surface area contributed by atoms with E-state index in [1.54, 1.807) is 0 Å². The first kappa shape index (κ1) is 18.8. The SMILES string of the molecule is O=CN1CC2(CC(n3nc(-c4ccccc4C(F)(F)F)cc3C(F)(F)F)C2)C1. The number of hydrogen-bond donors (Lipinski definition) is 0. The molecule has 2 aliphatic rings. The smallest absolute Gasteiger partial charge is 0.344 e. The zero-order chi connectivity index (χ0) is 20.3. The van der Waals surface area contributed by atoms with E-state index in [2.05, 4.69) is 5.10 Å². The van der Waals surface area contributed by atoms with Gasteiger partial charge in [-0.25, -0.2) is 0 Å². The van der Waals surface area contributed by atoms with Gasteiger partial charge in [0.05, 0.1) is 17.3 Å². The molecule has 4 nitrogen and oxygen atoms in total. The van der Waals surface area contributed by atoms with Crippen molar-refractivity contribution in [2.45, 2.75) is 31.2 Å². The first-order valence-corrected chi connectivity index (χ1v) is 8.55. The van der Waals surface area contributed by atoms with E-state index >= 15 is 0 Å². The van der Waals surface area contributed by atoms with Crippen LogP contribution in [0.4, 0.5) is 26.3 Å². The summed E-state index contributed by atoms with van der Waals surface area (Å²) < 4.78 is 81.0. The van der Waals surface area contributed by atoms with Crippen molar-refractivity contribution in [2.24, 2.45) is 5.41 Å². The van der Waals surface area contributed by atoms with Gasteiger partial charge in [-0.2, -0.15) is 31.4 Å². The molecular weight excluding hydrogens is 388 g/mol. The fourth-order valence-electron chi connectivity index (χ4n) is 4.23. The Labute approximate surface area is 155 Å². The van der Waals surface area contributed by atoms with Crippen molar-refractivity contribution in [3.05, 3.63) is 41.6 Å². The molecule has 0 atom stereocenters. The molecule has 1 spiro atoms. The van der Waals surface area contributed by atoms with Gasteiger partial charge in [0.15, 0.2) is 0 Å². The topological polar surface area (TPSA) is 38.1 Å². The van der Waals surface area contributed by atoms with Crippen LogP contribution in [-0.4, -0.2) is 34.2 Å². The standard InChI is InChI=1S/C18H15F6N3O/c19-17(20,21)13-4-2-1-3-12(13)14-5-15(18(22,23)24)27(25-14)11-6-16(7-11)8-26(9-16)10-28/h1-5,10-11H,6-9H2. The van der Waals surface area contributed by atoms with Crippen molar-refractivity contribution in [3.63, 3.8) is 0 Å².